The maximum absolute atomic E-state index is 13.6. The highest BCUT2D eigenvalue weighted by Crippen LogP contribution is 2.41. The van der Waals surface area contributed by atoms with Crippen molar-refractivity contribution in [2.45, 2.75) is 0 Å². The van der Waals surface area contributed by atoms with Gasteiger partial charge in [-0.15, -0.1) is 10.2 Å². The highest BCUT2D eigenvalue weighted by atomic mass is 16.5. The molecular formula is C37H28N8O7. The summed E-state index contributed by atoms with van der Waals surface area (Å²) in [6.07, 6.45) is 2.35. The first-order chi connectivity index (χ1) is 25.3. The van der Waals surface area contributed by atoms with Crippen molar-refractivity contribution in [2.24, 2.45) is 10.2 Å². The number of aromatic hydroxyl groups is 1. The Balaban J connectivity index is 1.43. The number of anilines is 4. The molecule has 258 valence electrons. The number of azo groups is 1. The predicted octanol–water partition coefficient (Wildman–Crippen LogP) is 6.57. The molecule has 5 aromatic carbocycles. The first-order valence-corrected chi connectivity index (χ1v) is 15.5. The number of amides is 4. The third-order valence-corrected chi connectivity index (χ3v) is 7.72. The number of phenolic OH excluding ortho intramolecular Hbond substituents is 1. The Kier molecular flexibility index (Phi) is 10.0. The molecule has 0 fully saturated rings. The van der Waals surface area contributed by atoms with Gasteiger partial charge in [-0.2, -0.15) is 5.10 Å². The summed E-state index contributed by atoms with van der Waals surface area (Å²) < 4.78 is 6.30. The number of benzene rings is 5. The normalized spacial score (nSPS) is 10.8. The number of carbonyl (C=O) groups is 5. The number of hydrogen-bond donors (Lipinski definition) is 5. The Morgan fingerprint density at radius 3 is 1.92 bits per heavy atom. The van der Waals surface area contributed by atoms with E-state index in [4.69, 9.17) is 4.74 Å². The molecular weight excluding hydrogens is 668 g/mol. The second kappa shape index (κ2) is 15.3. The minimum Gasteiger partial charge on any atom is -0.505 e. The summed E-state index contributed by atoms with van der Waals surface area (Å²) in [4.78, 5) is 61.1. The molecule has 15 heteroatoms. The Hall–Kier alpha value is -7.68. The molecule has 52 heavy (non-hydrogen) atoms. The minimum atomic E-state index is -0.724. The molecule has 0 bridgehead atoms. The van der Waals surface area contributed by atoms with Crippen LogP contribution in [-0.4, -0.2) is 52.6 Å². The van der Waals surface area contributed by atoms with E-state index in [2.05, 4.69) is 36.6 Å². The average Bonchev–Trinajstić information content (AvgIpc) is 3.59. The second-order valence-corrected chi connectivity index (χ2v) is 11.0. The first-order valence-electron chi connectivity index (χ1n) is 15.5. The number of ether oxygens (including phenoxy) is 1. The molecule has 1 aromatic heterocycles. The van der Waals surface area contributed by atoms with Gasteiger partial charge in [0.15, 0.2) is 11.6 Å². The van der Waals surface area contributed by atoms with Gasteiger partial charge in [0.25, 0.3) is 11.8 Å². The third kappa shape index (κ3) is 7.32. The van der Waals surface area contributed by atoms with Gasteiger partial charge in [-0.05, 0) is 84.2 Å². The number of carbonyl (C=O) groups excluding carboxylic acids is 5. The summed E-state index contributed by atoms with van der Waals surface area (Å²) in [5, 5.41) is 35.7. The zero-order chi connectivity index (χ0) is 36.6. The largest absolute Gasteiger partial charge is 0.505 e. The fourth-order valence-electron chi connectivity index (χ4n) is 5.18. The Bertz CT molecular complexity index is 2340. The van der Waals surface area contributed by atoms with Gasteiger partial charge in [-0.1, -0.05) is 24.3 Å². The van der Waals surface area contributed by atoms with Crippen molar-refractivity contribution in [3.63, 3.8) is 0 Å². The van der Waals surface area contributed by atoms with E-state index in [9.17, 15) is 29.1 Å². The van der Waals surface area contributed by atoms with Crippen molar-refractivity contribution in [2.75, 3.05) is 28.4 Å². The quantitative estimate of drug-likeness (QED) is 0.0536. The lowest BCUT2D eigenvalue weighted by atomic mass is 10.00. The molecule has 0 spiro atoms. The Morgan fingerprint density at radius 2 is 1.33 bits per heavy atom. The molecule has 0 unspecified atom stereocenters. The first kappa shape index (κ1) is 34.2. The van der Waals surface area contributed by atoms with E-state index in [-0.39, 0.29) is 28.2 Å². The fourth-order valence-corrected chi connectivity index (χ4v) is 5.18. The average molecular weight is 697 g/mol. The van der Waals surface area contributed by atoms with Crippen molar-refractivity contribution in [3.8, 4) is 11.4 Å². The van der Waals surface area contributed by atoms with Crippen molar-refractivity contribution in [1.82, 2.24) is 9.78 Å². The molecule has 0 aliphatic heterocycles. The zero-order valence-corrected chi connectivity index (χ0v) is 27.2. The summed E-state index contributed by atoms with van der Waals surface area (Å²) in [6.45, 7) is 0. The topological polar surface area (TPSA) is 205 Å². The van der Waals surface area contributed by atoms with Crippen molar-refractivity contribution in [1.29, 1.82) is 0 Å². The Labute approximate surface area is 294 Å². The highest BCUT2D eigenvalue weighted by Gasteiger charge is 2.23. The number of para-hydroxylation sites is 1. The van der Waals surface area contributed by atoms with Gasteiger partial charge in [0.2, 0.25) is 12.8 Å². The van der Waals surface area contributed by atoms with Gasteiger partial charge in [-0.3, -0.25) is 19.2 Å². The number of nitrogens with zero attached hydrogens (tertiary/aromatic N) is 4. The number of methoxy groups -OCH3 is 1. The number of fused-ring (bicyclic) bond motifs is 1. The standard InChI is InChI=1S/C37H28N8O7/c1-52-37(51)31-19-40-45(28-5-3-2-4-6-28)34(31)44-43-32-29-16-7-22(35(49)41-26-12-8-24(9-13-26)38-20-46)17-23(29)18-30(33(32)48)36(50)42-27-14-10-25(11-15-27)39-21-47/h2-21,48H,1H3,(H,38,46)(H,39,47)(H,41,49)(H,42,50)/b44-43+. The molecule has 0 atom stereocenters. The van der Waals surface area contributed by atoms with Crippen LogP contribution >= 0.6 is 0 Å². The SMILES string of the molecule is COC(=O)c1cnn(-c2ccccc2)c1/N=N/c1c(O)c(C(=O)Nc2ccc(NC=O)cc2)cc2cc(C(=O)Nc3ccc(NC=O)cc3)ccc12. The van der Waals surface area contributed by atoms with Gasteiger partial charge in [0, 0.05) is 33.7 Å². The number of esters is 1. The number of phenols is 1. The molecule has 15 nitrogen and oxygen atoms in total. The van der Waals surface area contributed by atoms with Crippen LogP contribution < -0.4 is 21.3 Å². The van der Waals surface area contributed by atoms with Crippen molar-refractivity contribution in [3.05, 3.63) is 126 Å². The van der Waals surface area contributed by atoms with Crippen LogP contribution in [0.2, 0.25) is 0 Å². The van der Waals surface area contributed by atoms with Gasteiger partial charge in [0.05, 0.1) is 24.6 Å². The maximum Gasteiger partial charge on any atom is 0.343 e. The van der Waals surface area contributed by atoms with Crippen LogP contribution in [0.15, 0.2) is 120 Å². The van der Waals surface area contributed by atoms with E-state index in [1.807, 2.05) is 6.07 Å². The van der Waals surface area contributed by atoms with E-state index >= 15 is 0 Å². The van der Waals surface area contributed by atoms with Crippen LogP contribution in [0.1, 0.15) is 31.1 Å². The molecule has 0 aliphatic carbocycles. The molecule has 6 rings (SSSR count). The van der Waals surface area contributed by atoms with Crippen LogP contribution in [0.3, 0.4) is 0 Å². The Morgan fingerprint density at radius 1 is 0.731 bits per heavy atom. The lowest BCUT2D eigenvalue weighted by Gasteiger charge is -2.13. The second-order valence-electron chi connectivity index (χ2n) is 11.0. The van der Waals surface area contributed by atoms with E-state index < -0.39 is 23.5 Å². The number of nitrogens with one attached hydrogen (secondary N) is 4. The zero-order valence-electron chi connectivity index (χ0n) is 27.2. The van der Waals surface area contributed by atoms with Crippen LogP contribution in [0.25, 0.3) is 16.5 Å². The minimum absolute atomic E-state index is 0.00478. The van der Waals surface area contributed by atoms with Gasteiger partial charge in [-0.25, -0.2) is 9.48 Å². The van der Waals surface area contributed by atoms with E-state index in [1.165, 1.54) is 36.2 Å². The van der Waals surface area contributed by atoms with Crippen LogP contribution in [-0.2, 0) is 14.3 Å². The van der Waals surface area contributed by atoms with Crippen LogP contribution in [0.5, 0.6) is 5.75 Å². The molecule has 0 saturated heterocycles. The molecule has 0 saturated carbocycles. The van der Waals surface area contributed by atoms with Gasteiger partial charge in [0.1, 0.15) is 11.3 Å². The smallest absolute Gasteiger partial charge is 0.343 e. The molecule has 4 amide bonds. The fraction of sp³-hybridized carbons (Fsp3) is 0.0270. The van der Waals surface area contributed by atoms with Crippen LogP contribution in [0, 0.1) is 0 Å². The monoisotopic (exact) mass is 696 g/mol. The summed E-state index contributed by atoms with van der Waals surface area (Å²) >= 11 is 0. The predicted molar refractivity (Wildman–Crippen MR) is 193 cm³/mol. The van der Waals surface area contributed by atoms with E-state index in [0.29, 0.717) is 52.0 Å². The molecule has 1 heterocycles. The lowest BCUT2D eigenvalue weighted by Crippen LogP contribution is -2.13. The van der Waals surface area contributed by atoms with Crippen molar-refractivity contribution < 1.29 is 33.8 Å². The van der Waals surface area contributed by atoms with Crippen LogP contribution in [0.4, 0.5) is 34.3 Å². The number of rotatable bonds is 12. The highest BCUT2D eigenvalue weighted by molar-refractivity contribution is 6.13. The van der Waals surface area contributed by atoms with Gasteiger partial charge >= 0.3 is 5.97 Å². The summed E-state index contributed by atoms with van der Waals surface area (Å²) in [5.41, 5.74) is 2.33. The molecule has 6 aromatic rings. The molecule has 0 radical (unpaired) electrons. The van der Waals surface area contributed by atoms with Crippen molar-refractivity contribution >= 4 is 75.6 Å². The third-order valence-electron chi connectivity index (χ3n) is 7.72. The number of aromatic nitrogens is 2. The molecule has 5 N–H and O–H groups in total. The lowest BCUT2D eigenvalue weighted by molar-refractivity contribution is -0.106. The summed E-state index contributed by atoms with van der Waals surface area (Å²) in [5.74, 6) is -2.44. The van der Waals surface area contributed by atoms with E-state index in [0.717, 1.165) is 0 Å². The number of hydrogen-bond acceptors (Lipinski definition) is 10. The van der Waals surface area contributed by atoms with Gasteiger partial charge < -0.3 is 31.1 Å². The molecule has 0 aliphatic rings. The summed E-state index contributed by atoms with van der Waals surface area (Å²) in [7, 11) is 1.21. The van der Waals surface area contributed by atoms with E-state index in [1.54, 1.807) is 78.9 Å². The summed E-state index contributed by atoms with van der Waals surface area (Å²) in [6, 6.07) is 27.6. The maximum atomic E-state index is 13.6.